The highest BCUT2D eigenvalue weighted by Gasteiger charge is 2.35. The van der Waals surface area contributed by atoms with Crippen LogP contribution in [0.1, 0.15) is 32.3 Å². The average molecular weight is 292 g/mol. The normalized spacial score (nSPS) is 13.5. The van der Waals surface area contributed by atoms with Crippen LogP contribution in [-0.4, -0.2) is 30.1 Å². The molecular formula is C16H24N2O3. The van der Waals surface area contributed by atoms with Crippen molar-refractivity contribution in [2.45, 2.75) is 33.6 Å². The molecule has 1 rings (SSSR count). The third-order valence-electron chi connectivity index (χ3n) is 3.95. The van der Waals surface area contributed by atoms with Gasteiger partial charge in [-0.3, -0.25) is 9.59 Å². The van der Waals surface area contributed by atoms with Crippen molar-refractivity contribution in [3.05, 3.63) is 29.8 Å². The number of hydrogen-bond donors (Lipinski definition) is 2. The molecule has 0 saturated carbocycles. The van der Waals surface area contributed by atoms with E-state index >= 15 is 0 Å². The van der Waals surface area contributed by atoms with Crippen molar-refractivity contribution in [1.29, 1.82) is 0 Å². The highest BCUT2D eigenvalue weighted by molar-refractivity contribution is 5.98. The standard InChI is InChI=1S/C16H24N2O3/c1-4-16(3,11-17)15(21)18(10-9-14(19)20)13-8-6-5-7-12(13)2/h5-8H,4,9-11,17H2,1-3H3,(H,19,20). The van der Waals surface area contributed by atoms with Gasteiger partial charge in [0.15, 0.2) is 0 Å². The van der Waals surface area contributed by atoms with E-state index in [1.54, 1.807) is 4.90 Å². The van der Waals surface area contributed by atoms with E-state index in [-0.39, 0.29) is 25.4 Å². The lowest BCUT2D eigenvalue weighted by atomic mass is 9.85. The quantitative estimate of drug-likeness (QED) is 0.806. The number of nitrogens with zero attached hydrogens (tertiary/aromatic N) is 1. The molecule has 5 heteroatoms. The van der Waals surface area contributed by atoms with Crippen molar-refractivity contribution < 1.29 is 14.7 Å². The molecule has 1 amide bonds. The number of aliphatic carboxylic acids is 1. The maximum atomic E-state index is 12.8. The SMILES string of the molecule is CCC(C)(CN)C(=O)N(CCC(=O)O)c1ccccc1C. The Bertz CT molecular complexity index is 510. The van der Waals surface area contributed by atoms with Crippen LogP contribution in [0, 0.1) is 12.3 Å². The molecule has 0 aliphatic heterocycles. The molecule has 116 valence electrons. The fraction of sp³-hybridized carbons (Fsp3) is 0.500. The summed E-state index contributed by atoms with van der Waals surface area (Å²) in [6, 6.07) is 7.47. The van der Waals surface area contributed by atoms with Crippen molar-refractivity contribution in [1.82, 2.24) is 0 Å². The first-order valence-corrected chi connectivity index (χ1v) is 7.15. The first-order chi connectivity index (χ1) is 9.85. The van der Waals surface area contributed by atoms with Crippen molar-refractivity contribution in [3.8, 4) is 0 Å². The first kappa shape index (κ1) is 17.2. The smallest absolute Gasteiger partial charge is 0.305 e. The molecule has 0 aromatic heterocycles. The van der Waals surface area contributed by atoms with Gasteiger partial charge in [0.1, 0.15) is 0 Å². The molecule has 5 nitrogen and oxygen atoms in total. The van der Waals surface area contributed by atoms with Crippen LogP contribution in [0.3, 0.4) is 0 Å². The Balaban J connectivity index is 3.17. The van der Waals surface area contributed by atoms with Crippen molar-refractivity contribution in [2.75, 3.05) is 18.0 Å². The van der Waals surface area contributed by atoms with Crippen LogP contribution in [0.25, 0.3) is 0 Å². The van der Waals surface area contributed by atoms with Gasteiger partial charge in [0.25, 0.3) is 0 Å². The molecule has 1 aromatic carbocycles. The van der Waals surface area contributed by atoms with E-state index < -0.39 is 11.4 Å². The third kappa shape index (κ3) is 4.04. The van der Waals surface area contributed by atoms with E-state index in [1.165, 1.54) is 0 Å². The van der Waals surface area contributed by atoms with E-state index in [0.717, 1.165) is 11.3 Å². The fourth-order valence-electron chi connectivity index (χ4n) is 2.11. The molecule has 1 atom stereocenters. The van der Waals surface area contributed by atoms with Gasteiger partial charge in [0.2, 0.25) is 5.91 Å². The van der Waals surface area contributed by atoms with Gasteiger partial charge in [-0.25, -0.2) is 0 Å². The van der Waals surface area contributed by atoms with Crippen molar-refractivity contribution in [2.24, 2.45) is 11.1 Å². The van der Waals surface area contributed by atoms with Crippen LogP contribution in [0.4, 0.5) is 5.69 Å². The number of anilines is 1. The summed E-state index contributed by atoms with van der Waals surface area (Å²) in [5.41, 5.74) is 6.77. The molecule has 1 unspecified atom stereocenters. The Morgan fingerprint density at radius 1 is 1.33 bits per heavy atom. The summed E-state index contributed by atoms with van der Waals surface area (Å²) < 4.78 is 0. The molecule has 0 bridgehead atoms. The lowest BCUT2D eigenvalue weighted by Crippen LogP contribution is -2.47. The highest BCUT2D eigenvalue weighted by Crippen LogP contribution is 2.28. The van der Waals surface area contributed by atoms with Crippen LogP contribution < -0.4 is 10.6 Å². The van der Waals surface area contributed by atoms with Gasteiger partial charge in [-0.05, 0) is 31.9 Å². The molecule has 1 aromatic rings. The Kier molecular flexibility index (Phi) is 5.90. The second-order valence-corrected chi connectivity index (χ2v) is 5.51. The van der Waals surface area contributed by atoms with E-state index in [1.807, 2.05) is 45.0 Å². The predicted octanol–water partition coefficient (Wildman–Crippen LogP) is 2.18. The minimum Gasteiger partial charge on any atom is -0.481 e. The minimum absolute atomic E-state index is 0.0928. The van der Waals surface area contributed by atoms with Crippen molar-refractivity contribution >= 4 is 17.6 Å². The number of para-hydroxylation sites is 1. The fourth-order valence-corrected chi connectivity index (χ4v) is 2.11. The average Bonchev–Trinajstić information content (AvgIpc) is 2.47. The van der Waals surface area contributed by atoms with Gasteiger partial charge in [0.05, 0.1) is 11.8 Å². The minimum atomic E-state index is -0.924. The number of aryl methyl sites for hydroxylation is 1. The third-order valence-corrected chi connectivity index (χ3v) is 3.95. The maximum absolute atomic E-state index is 12.8. The number of rotatable bonds is 7. The Morgan fingerprint density at radius 3 is 2.43 bits per heavy atom. The molecule has 0 heterocycles. The number of carbonyl (C=O) groups excluding carboxylic acids is 1. The lowest BCUT2D eigenvalue weighted by Gasteiger charge is -2.33. The van der Waals surface area contributed by atoms with Crippen molar-refractivity contribution in [3.63, 3.8) is 0 Å². The first-order valence-electron chi connectivity index (χ1n) is 7.15. The zero-order chi connectivity index (χ0) is 16.0. The summed E-state index contributed by atoms with van der Waals surface area (Å²) in [7, 11) is 0. The number of amides is 1. The Hall–Kier alpha value is -1.88. The highest BCUT2D eigenvalue weighted by atomic mass is 16.4. The molecular weight excluding hydrogens is 268 g/mol. The summed E-state index contributed by atoms with van der Waals surface area (Å²) in [5.74, 6) is -1.05. The zero-order valence-electron chi connectivity index (χ0n) is 12.9. The zero-order valence-corrected chi connectivity index (χ0v) is 12.9. The van der Waals surface area contributed by atoms with Gasteiger partial charge in [0, 0.05) is 18.8 Å². The molecule has 0 spiro atoms. The summed E-state index contributed by atoms with van der Waals surface area (Å²) in [6.45, 7) is 6.02. The lowest BCUT2D eigenvalue weighted by molar-refractivity contribution is -0.136. The number of carbonyl (C=O) groups is 2. The largest absolute Gasteiger partial charge is 0.481 e. The maximum Gasteiger partial charge on any atom is 0.305 e. The molecule has 0 aliphatic carbocycles. The van der Waals surface area contributed by atoms with E-state index in [0.29, 0.717) is 6.42 Å². The molecule has 3 N–H and O–H groups in total. The topological polar surface area (TPSA) is 83.6 Å². The Morgan fingerprint density at radius 2 is 1.95 bits per heavy atom. The molecule has 21 heavy (non-hydrogen) atoms. The van der Waals surface area contributed by atoms with Gasteiger partial charge in [-0.15, -0.1) is 0 Å². The van der Waals surface area contributed by atoms with Gasteiger partial charge < -0.3 is 15.7 Å². The summed E-state index contributed by atoms with van der Waals surface area (Å²) in [5, 5.41) is 8.91. The van der Waals surface area contributed by atoms with E-state index in [4.69, 9.17) is 10.8 Å². The van der Waals surface area contributed by atoms with E-state index in [2.05, 4.69) is 0 Å². The summed E-state index contributed by atoms with van der Waals surface area (Å²) in [4.78, 5) is 25.3. The number of carboxylic acid groups (broad SMARTS) is 1. The number of nitrogens with two attached hydrogens (primary N) is 1. The van der Waals surface area contributed by atoms with E-state index in [9.17, 15) is 9.59 Å². The number of benzene rings is 1. The second kappa shape index (κ2) is 7.22. The molecule has 0 radical (unpaired) electrons. The number of carboxylic acids is 1. The van der Waals surface area contributed by atoms with Gasteiger partial charge in [-0.1, -0.05) is 25.1 Å². The van der Waals surface area contributed by atoms with Gasteiger partial charge in [-0.2, -0.15) is 0 Å². The predicted molar refractivity (Wildman–Crippen MR) is 83.2 cm³/mol. The summed E-state index contributed by atoms with van der Waals surface area (Å²) in [6.07, 6.45) is 0.516. The van der Waals surface area contributed by atoms with Crippen LogP contribution >= 0.6 is 0 Å². The van der Waals surface area contributed by atoms with Crippen LogP contribution in [0.5, 0.6) is 0 Å². The summed E-state index contributed by atoms with van der Waals surface area (Å²) >= 11 is 0. The number of hydrogen-bond acceptors (Lipinski definition) is 3. The Labute approximate surface area is 125 Å². The van der Waals surface area contributed by atoms with Crippen LogP contribution in [0.2, 0.25) is 0 Å². The van der Waals surface area contributed by atoms with Crippen LogP contribution in [-0.2, 0) is 9.59 Å². The van der Waals surface area contributed by atoms with Gasteiger partial charge >= 0.3 is 5.97 Å². The monoisotopic (exact) mass is 292 g/mol. The molecule has 0 saturated heterocycles. The molecule has 0 aliphatic rings. The second-order valence-electron chi connectivity index (χ2n) is 5.51. The molecule has 0 fully saturated rings. The van der Waals surface area contributed by atoms with Crippen LogP contribution in [0.15, 0.2) is 24.3 Å².